The number of amides is 1. The van der Waals surface area contributed by atoms with E-state index in [9.17, 15) is 4.79 Å². The molecule has 3 N–H and O–H groups in total. The number of nitrogens with zero attached hydrogens (tertiary/aromatic N) is 6. The zero-order valence-corrected chi connectivity index (χ0v) is 34.4. The minimum Gasteiger partial charge on any atom is -0.384 e. The summed E-state index contributed by atoms with van der Waals surface area (Å²) in [7, 11) is 3.55. The molecule has 13 heteroatoms. The summed E-state index contributed by atoms with van der Waals surface area (Å²) in [5.74, 6) is -0.0687. The number of carbonyl (C=O) groups excluding carboxylic acids is 2. The molecule has 1 aromatic carbocycles. The number of rotatable bonds is 14. The van der Waals surface area contributed by atoms with Gasteiger partial charge in [-0.15, -0.1) is 11.3 Å². The van der Waals surface area contributed by atoms with E-state index in [2.05, 4.69) is 83.3 Å². The molecule has 2 unspecified atom stereocenters. The second-order valence-electron chi connectivity index (χ2n) is 15.9. The Bertz CT molecular complexity index is 1910. The first kappa shape index (κ1) is 40.9. The molecule has 1 saturated carbocycles. The van der Waals surface area contributed by atoms with Crippen molar-refractivity contribution in [3.8, 4) is 22.5 Å². The lowest BCUT2D eigenvalue weighted by Gasteiger charge is -2.36. The van der Waals surface area contributed by atoms with Crippen LogP contribution in [-0.4, -0.2) is 109 Å². The van der Waals surface area contributed by atoms with E-state index < -0.39 is 6.04 Å². The summed E-state index contributed by atoms with van der Waals surface area (Å²) in [6.07, 6.45) is 7.86. The summed E-state index contributed by atoms with van der Waals surface area (Å²) in [6, 6.07) is 9.26. The van der Waals surface area contributed by atoms with E-state index >= 15 is 0 Å². The molecule has 7 rings (SSSR count). The Kier molecular flexibility index (Phi) is 13.4. The van der Waals surface area contributed by atoms with Crippen LogP contribution in [-0.2, 0) is 38.4 Å². The van der Waals surface area contributed by atoms with E-state index in [0.717, 1.165) is 92.1 Å². The number of aryl methyl sites for hydroxylation is 1. The Balaban J connectivity index is 0.00000253. The van der Waals surface area contributed by atoms with E-state index in [1.807, 2.05) is 6.79 Å². The maximum absolute atomic E-state index is 13.0. The molecule has 5 heterocycles. The maximum atomic E-state index is 13.0. The monoisotopic (exact) mass is 772 g/mol. The number of aromatic nitrogens is 3. The molecule has 2 saturated heterocycles. The molecule has 0 radical (unpaired) electrons. The molecule has 1 amide bonds. The number of ether oxygens (including phenoxy) is 2. The summed E-state index contributed by atoms with van der Waals surface area (Å²) >= 11 is 1.57. The van der Waals surface area contributed by atoms with Crippen LogP contribution in [0.1, 0.15) is 75.7 Å². The van der Waals surface area contributed by atoms with Crippen molar-refractivity contribution in [2.45, 2.75) is 91.0 Å². The third-order valence-corrected chi connectivity index (χ3v) is 12.1. The molecule has 3 fully saturated rings. The highest BCUT2D eigenvalue weighted by molar-refractivity contribution is 7.10. The van der Waals surface area contributed by atoms with Crippen LogP contribution in [0, 0.1) is 5.41 Å². The van der Waals surface area contributed by atoms with Gasteiger partial charge in [-0.3, -0.25) is 19.7 Å². The van der Waals surface area contributed by atoms with Crippen molar-refractivity contribution < 1.29 is 19.1 Å². The van der Waals surface area contributed by atoms with E-state index in [-0.39, 0.29) is 17.4 Å². The van der Waals surface area contributed by atoms with Crippen molar-refractivity contribution in [2.24, 2.45) is 11.1 Å². The predicted octanol–water partition coefficient (Wildman–Crippen LogP) is 5.87. The molecule has 298 valence electrons. The Morgan fingerprint density at radius 3 is 2.53 bits per heavy atom. The van der Waals surface area contributed by atoms with E-state index in [1.165, 1.54) is 40.7 Å². The van der Waals surface area contributed by atoms with Crippen LogP contribution in [0.15, 0.2) is 35.8 Å². The SMILES string of the molecule is C=O.CCn1c(-c2cc(N3CCN(C4CC4)CC3)cnc2C(C)OC)c(CC(C)(C)COC)c2cc(-c3csc(CC(N)C(=O)N4CCCCN4)n3)ccc21. The van der Waals surface area contributed by atoms with Gasteiger partial charge in [0.15, 0.2) is 0 Å². The van der Waals surface area contributed by atoms with Gasteiger partial charge in [0.1, 0.15) is 6.79 Å². The molecule has 1 aliphatic carbocycles. The Hall–Kier alpha value is -3.72. The van der Waals surface area contributed by atoms with Crippen molar-refractivity contribution in [3.63, 3.8) is 0 Å². The van der Waals surface area contributed by atoms with Crippen molar-refractivity contribution in [1.29, 1.82) is 0 Å². The third-order valence-electron chi connectivity index (χ3n) is 11.3. The van der Waals surface area contributed by atoms with Gasteiger partial charge >= 0.3 is 0 Å². The van der Waals surface area contributed by atoms with Gasteiger partial charge in [-0.05, 0) is 75.1 Å². The van der Waals surface area contributed by atoms with E-state index in [0.29, 0.717) is 19.6 Å². The number of nitrogens with two attached hydrogens (primary N) is 1. The zero-order chi connectivity index (χ0) is 39.3. The summed E-state index contributed by atoms with van der Waals surface area (Å²) in [4.78, 5) is 36.4. The summed E-state index contributed by atoms with van der Waals surface area (Å²) in [5, 5.41) is 5.84. The first-order valence-corrected chi connectivity index (χ1v) is 20.7. The zero-order valence-electron chi connectivity index (χ0n) is 33.6. The number of methoxy groups -OCH3 is 2. The first-order valence-electron chi connectivity index (χ1n) is 19.8. The van der Waals surface area contributed by atoms with Crippen LogP contribution in [0.4, 0.5) is 5.69 Å². The number of thiazole rings is 1. The van der Waals surface area contributed by atoms with Crippen molar-refractivity contribution in [1.82, 2.24) is 29.9 Å². The summed E-state index contributed by atoms with van der Waals surface area (Å²) in [6.45, 7) is 18.0. The molecule has 3 aliphatic rings. The number of fused-ring (bicyclic) bond motifs is 1. The van der Waals surface area contributed by atoms with E-state index in [4.69, 9.17) is 30.0 Å². The average molecular weight is 773 g/mol. The van der Waals surface area contributed by atoms with Crippen molar-refractivity contribution in [3.05, 3.63) is 52.1 Å². The van der Waals surface area contributed by atoms with Gasteiger partial charge < -0.3 is 29.5 Å². The van der Waals surface area contributed by atoms with Gasteiger partial charge in [-0.25, -0.2) is 10.4 Å². The van der Waals surface area contributed by atoms with Gasteiger partial charge in [-0.1, -0.05) is 19.9 Å². The lowest BCUT2D eigenvalue weighted by molar-refractivity contribution is -0.136. The van der Waals surface area contributed by atoms with Crippen LogP contribution >= 0.6 is 11.3 Å². The molecule has 0 spiro atoms. The standard InChI is InChI=1S/C41H58N8O3S.CH2O/c1-7-48-36-13-10-28(35-25-53-37(45-35)22-34(42)40(50)49-15-9-8-14-44-49)20-31(36)33(23-41(3,4)26-51-5)39(48)32-21-30(24-43-38(32)27(2)52-6)47-18-16-46(17-19-47)29-11-12-29;1-2/h10,13,20-21,24-25,27,29,34,44H,7-9,11-12,14-19,22-23,26,42H2,1-6H3;1H2. The highest BCUT2D eigenvalue weighted by Crippen LogP contribution is 2.43. The van der Waals surface area contributed by atoms with Crippen LogP contribution < -0.4 is 16.1 Å². The number of nitrogens with one attached hydrogen (secondary N) is 1. The average Bonchev–Trinajstić information content (AvgIpc) is 3.89. The number of benzene rings is 1. The second kappa shape index (κ2) is 18.0. The Labute approximate surface area is 330 Å². The summed E-state index contributed by atoms with van der Waals surface area (Å²) in [5.41, 5.74) is 18.3. The fraction of sp³-hybridized carbons (Fsp3) is 0.571. The number of hydrazine groups is 1. The number of piperazine rings is 1. The molecule has 2 atom stereocenters. The highest BCUT2D eigenvalue weighted by Gasteiger charge is 2.33. The topological polar surface area (TPSA) is 131 Å². The maximum Gasteiger partial charge on any atom is 0.253 e. The number of carbonyl (C=O) groups is 2. The largest absolute Gasteiger partial charge is 0.384 e. The lowest BCUT2D eigenvalue weighted by Crippen LogP contribution is -2.53. The van der Waals surface area contributed by atoms with Gasteiger partial charge in [0.05, 0.1) is 52.7 Å². The molecule has 0 bridgehead atoms. The first-order chi connectivity index (χ1) is 26.6. The second-order valence-corrected chi connectivity index (χ2v) is 16.8. The highest BCUT2D eigenvalue weighted by atomic mass is 32.1. The Morgan fingerprint density at radius 2 is 1.87 bits per heavy atom. The van der Waals surface area contributed by atoms with Gasteiger partial charge in [0, 0.05) is 99.9 Å². The van der Waals surface area contributed by atoms with Crippen LogP contribution in [0.5, 0.6) is 0 Å². The van der Waals surface area contributed by atoms with E-state index in [1.54, 1.807) is 30.6 Å². The third kappa shape index (κ3) is 9.13. The van der Waals surface area contributed by atoms with Crippen LogP contribution in [0.2, 0.25) is 0 Å². The minimum absolute atomic E-state index is 0.0687. The molecule has 2 aliphatic heterocycles. The molecule has 4 aromatic rings. The quantitative estimate of drug-likeness (QED) is 0.161. The number of hydrogen-bond acceptors (Lipinski definition) is 11. The Morgan fingerprint density at radius 1 is 1.11 bits per heavy atom. The summed E-state index contributed by atoms with van der Waals surface area (Å²) < 4.78 is 14.2. The fourth-order valence-corrected chi connectivity index (χ4v) is 9.12. The van der Waals surface area contributed by atoms with Gasteiger partial charge in [0.25, 0.3) is 5.91 Å². The molecule has 12 nitrogen and oxygen atoms in total. The van der Waals surface area contributed by atoms with Crippen LogP contribution in [0.3, 0.4) is 0 Å². The molecule has 55 heavy (non-hydrogen) atoms. The normalized spacial score (nSPS) is 17.9. The molecule has 3 aromatic heterocycles. The van der Waals surface area contributed by atoms with Gasteiger partial charge in [-0.2, -0.15) is 0 Å². The minimum atomic E-state index is -0.632. The lowest BCUT2D eigenvalue weighted by atomic mass is 9.84. The smallest absolute Gasteiger partial charge is 0.253 e. The predicted molar refractivity (Wildman–Crippen MR) is 221 cm³/mol. The van der Waals surface area contributed by atoms with Crippen molar-refractivity contribution in [2.75, 3.05) is 65.0 Å². The van der Waals surface area contributed by atoms with Crippen molar-refractivity contribution >= 4 is 40.6 Å². The number of hydrogen-bond donors (Lipinski definition) is 2. The number of pyridine rings is 1. The fourth-order valence-electron chi connectivity index (χ4n) is 8.26. The number of anilines is 1. The van der Waals surface area contributed by atoms with Crippen LogP contribution in [0.25, 0.3) is 33.4 Å². The molecular formula is C42H60N8O4S. The van der Waals surface area contributed by atoms with Gasteiger partial charge in [0.2, 0.25) is 0 Å². The molecular weight excluding hydrogens is 713 g/mol.